The van der Waals surface area contributed by atoms with Crippen LogP contribution < -0.4 is 5.73 Å². The number of rotatable bonds is 1. The smallest absolute Gasteiger partial charge is 0.149 e. The van der Waals surface area contributed by atoms with E-state index in [4.69, 9.17) is 5.73 Å². The Morgan fingerprint density at radius 2 is 2.50 bits per heavy atom. The van der Waals surface area contributed by atoms with Crippen LogP contribution in [0.4, 0.5) is 11.5 Å². The van der Waals surface area contributed by atoms with Crippen molar-refractivity contribution in [1.29, 1.82) is 0 Å². The van der Waals surface area contributed by atoms with Crippen LogP contribution in [0.1, 0.15) is 6.92 Å². The molecule has 0 unspecified atom stereocenters. The fourth-order valence-corrected chi connectivity index (χ4v) is 0.657. The van der Waals surface area contributed by atoms with E-state index in [0.29, 0.717) is 5.82 Å². The van der Waals surface area contributed by atoms with Gasteiger partial charge in [-0.2, -0.15) is 0 Å². The van der Waals surface area contributed by atoms with Gasteiger partial charge in [0.25, 0.3) is 0 Å². The second-order valence-electron chi connectivity index (χ2n) is 1.80. The first kappa shape index (κ1) is 6.74. The minimum Gasteiger partial charge on any atom is -0.382 e. The van der Waals surface area contributed by atoms with Crippen LogP contribution in [0.2, 0.25) is 0 Å². The van der Waals surface area contributed by atoms with Crippen LogP contribution in [0.5, 0.6) is 0 Å². The van der Waals surface area contributed by atoms with Gasteiger partial charge in [-0.1, -0.05) is 0 Å². The predicted octanol–water partition coefficient (Wildman–Crippen LogP) is 1.39. The van der Waals surface area contributed by atoms with E-state index >= 15 is 0 Å². The summed E-state index contributed by atoms with van der Waals surface area (Å²) in [6.07, 6.45) is 3.33. The summed E-state index contributed by atoms with van der Waals surface area (Å²) in [6, 6.07) is 3.63. The summed E-state index contributed by atoms with van der Waals surface area (Å²) in [6.45, 7) is 1.84. The van der Waals surface area contributed by atoms with Gasteiger partial charge >= 0.3 is 0 Å². The molecule has 0 bridgehead atoms. The molecule has 0 atom stereocenters. The number of aliphatic imine (C=N–C) groups is 1. The number of hydrogen-bond donors (Lipinski definition) is 1. The molecule has 1 heterocycles. The molecule has 52 valence electrons. The Labute approximate surface area is 59.6 Å². The van der Waals surface area contributed by atoms with Crippen molar-refractivity contribution in [1.82, 2.24) is 4.98 Å². The zero-order valence-corrected chi connectivity index (χ0v) is 5.78. The third-order valence-electron chi connectivity index (χ3n) is 1.08. The summed E-state index contributed by atoms with van der Waals surface area (Å²) in [4.78, 5) is 7.86. The Bertz CT molecular complexity index is 242. The Kier molecular flexibility index (Phi) is 1.99. The van der Waals surface area contributed by atoms with E-state index in [9.17, 15) is 0 Å². The predicted molar refractivity (Wildman–Crippen MR) is 42.5 cm³/mol. The second kappa shape index (κ2) is 2.96. The third-order valence-corrected chi connectivity index (χ3v) is 1.08. The van der Waals surface area contributed by atoms with Gasteiger partial charge in [0.15, 0.2) is 0 Å². The molecule has 1 aromatic heterocycles. The van der Waals surface area contributed by atoms with Crippen molar-refractivity contribution >= 4 is 17.7 Å². The standard InChI is InChI=1S/C7H9N3/c1-2-9-6-4-3-5-10-7(6)8/h2-5H,1H3,(H2,8,10). The Morgan fingerprint density at radius 3 is 3.10 bits per heavy atom. The molecule has 0 saturated carbocycles. The van der Waals surface area contributed by atoms with Crippen LogP contribution in [0, 0.1) is 0 Å². The first-order valence-electron chi connectivity index (χ1n) is 3.03. The highest BCUT2D eigenvalue weighted by Crippen LogP contribution is 2.16. The molecular formula is C7H9N3. The monoisotopic (exact) mass is 135 g/mol. The maximum absolute atomic E-state index is 5.48. The number of pyridine rings is 1. The van der Waals surface area contributed by atoms with Crippen LogP contribution in [-0.2, 0) is 0 Å². The summed E-state index contributed by atoms with van der Waals surface area (Å²) in [5.74, 6) is 0.473. The lowest BCUT2D eigenvalue weighted by Gasteiger charge is -1.94. The molecule has 2 N–H and O–H groups in total. The molecule has 0 spiro atoms. The van der Waals surface area contributed by atoms with E-state index < -0.39 is 0 Å². The van der Waals surface area contributed by atoms with Crippen LogP contribution in [0.25, 0.3) is 0 Å². The van der Waals surface area contributed by atoms with E-state index in [2.05, 4.69) is 9.98 Å². The molecule has 3 heteroatoms. The van der Waals surface area contributed by atoms with Crippen LogP contribution in [0.3, 0.4) is 0 Å². The minimum absolute atomic E-state index is 0.473. The van der Waals surface area contributed by atoms with Crippen LogP contribution in [0.15, 0.2) is 23.3 Å². The molecule has 0 aliphatic heterocycles. The first-order valence-corrected chi connectivity index (χ1v) is 3.03. The summed E-state index contributed by atoms with van der Waals surface area (Å²) in [5, 5.41) is 0. The van der Waals surface area contributed by atoms with E-state index in [0.717, 1.165) is 5.69 Å². The van der Waals surface area contributed by atoms with Crippen molar-refractivity contribution in [2.45, 2.75) is 6.92 Å². The van der Waals surface area contributed by atoms with Gasteiger partial charge in [-0.3, -0.25) is 4.99 Å². The lowest BCUT2D eigenvalue weighted by Crippen LogP contribution is -1.88. The Balaban J connectivity index is 3.03. The number of aromatic nitrogens is 1. The number of nitrogens with two attached hydrogens (primary N) is 1. The quantitative estimate of drug-likeness (QED) is 0.591. The first-order chi connectivity index (χ1) is 4.84. The van der Waals surface area contributed by atoms with Gasteiger partial charge in [-0.05, 0) is 19.1 Å². The van der Waals surface area contributed by atoms with Gasteiger partial charge < -0.3 is 5.73 Å². The van der Waals surface area contributed by atoms with E-state index in [1.807, 2.05) is 13.0 Å². The minimum atomic E-state index is 0.473. The van der Waals surface area contributed by atoms with Gasteiger partial charge in [0.05, 0.1) is 0 Å². The van der Waals surface area contributed by atoms with Gasteiger partial charge in [-0.15, -0.1) is 0 Å². The highest BCUT2D eigenvalue weighted by atomic mass is 14.9. The highest BCUT2D eigenvalue weighted by molar-refractivity contribution is 5.66. The van der Waals surface area contributed by atoms with E-state index in [1.165, 1.54) is 0 Å². The molecule has 0 fully saturated rings. The number of hydrogen-bond acceptors (Lipinski definition) is 3. The fourth-order valence-electron chi connectivity index (χ4n) is 0.657. The summed E-state index contributed by atoms with van der Waals surface area (Å²) in [5.41, 5.74) is 6.21. The summed E-state index contributed by atoms with van der Waals surface area (Å²) in [7, 11) is 0. The average Bonchev–Trinajstić information content (AvgIpc) is 1.94. The van der Waals surface area contributed by atoms with Gasteiger partial charge in [-0.25, -0.2) is 4.98 Å². The van der Waals surface area contributed by atoms with Gasteiger partial charge in [0.1, 0.15) is 11.5 Å². The zero-order valence-electron chi connectivity index (χ0n) is 5.78. The van der Waals surface area contributed by atoms with Crippen molar-refractivity contribution in [3.05, 3.63) is 18.3 Å². The summed E-state index contributed by atoms with van der Waals surface area (Å²) < 4.78 is 0. The molecule has 0 aromatic carbocycles. The van der Waals surface area contributed by atoms with E-state index in [1.54, 1.807) is 18.5 Å². The van der Waals surface area contributed by atoms with Crippen LogP contribution in [-0.4, -0.2) is 11.2 Å². The summed E-state index contributed by atoms with van der Waals surface area (Å²) >= 11 is 0. The normalized spacial score (nSPS) is 10.5. The molecule has 3 nitrogen and oxygen atoms in total. The Morgan fingerprint density at radius 1 is 1.70 bits per heavy atom. The SMILES string of the molecule is CC=Nc1cccnc1N. The molecule has 0 saturated heterocycles. The third kappa shape index (κ3) is 1.31. The van der Waals surface area contributed by atoms with Gasteiger partial charge in [0.2, 0.25) is 0 Å². The Hall–Kier alpha value is -1.38. The van der Waals surface area contributed by atoms with Crippen molar-refractivity contribution < 1.29 is 0 Å². The molecule has 1 rings (SSSR count). The lowest BCUT2D eigenvalue weighted by molar-refractivity contribution is 1.32. The lowest BCUT2D eigenvalue weighted by atomic mass is 10.4. The molecule has 0 amide bonds. The number of nitrogens with zero attached hydrogens (tertiary/aromatic N) is 2. The zero-order chi connectivity index (χ0) is 7.40. The van der Waals surface area contributed by atoms with Crippen molar-refractivity contribution in [2.75, 3.05) is 5.73 Å². The molecular weight excluding hydrogens is 126 g/mol. The molecule has 1 aromatic rings. The largest absolute Gasteiger partial charge is 0.382 e. The molecule has 0 aliphatic carbocycles. The number of anilines is 1. The topological polar surface area (TPSA) is 51.3 Å². The maximum Gasteiger partial charge on any atom is 0.149 e. The average molecular weight is 135 g/mol. The second-order valence-corrected chi connectivity index (χ2v) is 1.80. The molecule has 10 heavy (non-hydrogen) atoms. The van der Waals surface area contributed by atoms with Crippen molar-refractivity contribution in [3.63, 3.8) is 0 Å². The maximum atomic E-state index is 5.48. The van der Waals surface area contributed by atoms with Gasteiger partial charge in [0, 0.05) is 12.4 Å². The van der Waals surface area contributed by atoms with Crippen molar-refractivity contribution in [3.8, 4) is 0 Å². The van der Waals surface area contributed by atoms with Crippen LogP contribution >= 0.6 is 0 Å². The fraction of sp³-hybridized carbons (Fsp3) is 0.143. The van der Waals surface area contributed by atoms with E-state index in [-0.39, 0.29) is 0 Å². The molecule has 0 radical (unpaired) electrons. The highest BCUT2D eigenvalue weighted by Gasteiger charge is 1.91. The van der Waals surface area contributed by atoms with Crippen molar-refractivity contribution in [2.24, 2.45) is 4.99 Å². The number of nitrogen functional groups attached to an aromatic ring is 1. The molecule has 0 aliphatic rings.